The molecule has 0 aliphatic heterocycles. The fourth-order valence-electron chi connectivity index (χ4n) is 2.79. The Morgan fingerprint density at radius 1 is 1.17 bits per heavy atom. The maximum absolute atomic E-state index is 13.8. The van der Waals surface area contributed by atoms with E-state index in [0.29, 0.717) is 24.3 Å². The molecule has 3 aromatic rings. The SMILES string of the molecule is CCOc1ccc(-c2nonc2NC(=O)C(CC)Oc2ccccc2F)cc1C. The van der Waals surface area contributed by atoms with Crippen LogP contribution in [0.25, 0.3) is 11.3 Å². The summed E-state index contributed by atoms with van der Waals surface area (Å²) in [6.07, 6.45) is -0.568. The number of nitrogens with one attached hydrogen (secondary N) is 1. The second-order valence-corrected chi connectivity index (χ2v) is 6.31. The van der Waals surface area contributed by atoms with Crippen LogP contribution in [0, 0.1) is 12.7 Å². The standard InChI is InChI=1S/C21H22FN3O4/c1-4-16(28-18-9-7-6-8-15(18)22)21(26)23-20-19(24-29-25-20)14-10-11-17(27-5-2)13(3)12-14/h6-12,16H,4-5H2,1-3H3,(H,23,25,26). The highest BCUT2D eigenvalue weighted by Crippen LogP contribution is 2.29. The fourth-order valence-corrected chi connectivity index (χ4v) is 2.79. The van der Waals surface area contributed by atoms with E-state index in [0.717, 1.165) is 11.3 Å². The zero-order chi connectivity index (χ0) is 20.8. The average Bonchev–Trinajstić information content (AvgIpc) is 3.17. The van der Waals surface area contributed by atoms with Crippen molar-refractivity contribution in [1.82, 2.24) is 10.3 Å². The molecule has 29 heavy (non-hydrogen) atoms. The predicted octanol–water partition coefficient (Wildman–Crippen LogP) is 4.38. The third kappa shape index (κ3) is 4.71. The second kappa shape index (κ2) is 9.18. The van der Waals surface area contributed by atoms with E-state index in [1.54, 1.807) is 25.1 Å². The molecule has 0 fully saturated rings. The quantitative estimate of drug-likeness (QED) is 0.605. The van der Waals surface area contributed by atoms with Crippen LogP contribution in [0.1, 0.15) is 25.8 Å². The highest BCUT2D eigenvalue weighted by molar-refractivity contribution is 5.96. The summed E-state index contributed by atoms with van der Waals surface area (Å²) in [5.74, 6) is -0.0744. The second-order valence-electron chi connectivity index (χ2n) is 6.31. The number of anilines is 1. The molecule has 2 aromatic carbocycles. The number of hydrogen-bond donors (Lipinski definition) is 1. The summed E-state index contributed by atoms with van der Waals surface area (Å²) < 4.78 is 29.7. The Morgan fingerprint density at radius 2 is 1.97 bits per heavy atom. The molecule has 152 valence electrons. The molecule has 3 rings (SSSR count). The molecule has 0 aliphatic rings. The number of para-hydroxylation sites is 1. The lowest BCUT2D eigenvalue weighted by Gasteiger charge is -2.17. The van der Waals surface area contributed by atoms with Crippen LogP contribution < -0.4 is 14.8 Å². The van der Waals surface area contributed by atoms with Gasteiger partial charge in [-0.05, 0) is 66.5 Å². The van der Waals surface area contributed by atoms with Gasteiger partial charge < -0.3 is 14.8 Å². The van der Waals surface area contributed by atoms with Crippen LogP contribution in [0.3, 0.4) is 0 Å². The molecule has 0 spiro atoms. The van der Waals surface area contributed by atoms with Crippen LogP contribution in [-0.4, -0.2) is 28.9 Å². The van der Waals surface area contributed by atoms with Gasteiger partial charge in [0.05, 0.1) is 6.61 Å². The number of hydrogen-bond acceptors (Lipinski definition) is 6. The molecule has 0 bridgehead atoms. The molecule has 8 heteroatoms. The van der Waals surface area contributed by atoms with Gasteiger partial charge in [0.15, 0.2) is 23.4 Å². The van der Waals surface area contributed by atoms with Crippen molar-refractivity contribution in [3.05, 3.63) is 53.8 Å². The number of nitrogens with zero attached hydrogens (tertiary/aromatic N) is 2. The molecule has 1 atom stereocenters. The Labute approximate surface area is 167 Å². The van der Waals surface area contributed by atoms with Gasteiger partial charge in [0.1, 0.15) is 5.75 Å². The summed E-state index contributed by atoms with van der Waals surface area (Å²) in [6.45, 7) is 6.15. The van der Waals surface area contributed by atoms with Crippen molar-refractivity contribution in [3.8, 4) is 22.8 Å². The van der Waals surface area contributed by atoms with Crippen LogP contribution in [0.15, 0.2) is 47.1 Å². The largest absolute Gasteiger partial charge is 0.494 e. The summed E-state index contributed by atoms with van der Waals surface area (Å²) in [5, 5.41) is 10.3. The van der Waals surface area contributed by atoms with Gasteiger partial charge in [0.25, 0.3) is 5.91 Å². The molecule has 0 saturated heterocycles. The Morgan fingerprint density at radius 3 is 2.66 bits per heavy atom. The lowest BCUT2D eigenvalue weighted by molar-refractivity contribution is -0.122. The van der Waals surface area contributed by atoms with Gasteiger partial charge >= 0.3 is 0 Å². The third-order valence-electron chi connectivity index (χ3n) is 4.25. The highest BCUT2D eigenvalue weighted by Gasteiger charge is 2.23. The van der Waals surface area contributed by atoms with Crippen molar-refractivity contribution < 1.29 is 23.3 Å². The molecule has 1 N–H and O–H groups in total. The first kappa shape index (κ1) is 20.3. The maximum atomic E-state index is 13.8. The minimum absolute atomic E-state index is 0.00939. The Hall–Kier alpha value is -3.42. The topological polar surface area (TPSA) is 86.5 Å². The van der Waals surface area contributed by atoms with Gasteiger partial charge in [-0.1, -0.05) is 19.1 Å². The molecule has 1 heterocycles. The van der Waals surface area contributed by atoms with Gasteiger partial charge in [0, 0.05) is 5.56 Å². The summed E-state index contributed by atoms with van der Waals surface area (Å²) in [7, 11) is 0. The van der Waals surface area contributed by atoms with Crippen molar-refractivity contribution in [2.24, 2.45) is 0 Å². The molecule has 0 saturated carbocycles. The van der Waals surface area contributed by atoms with Gasteiger partial charge in [-0.3, -0.25) is 4.79 Å². The molecule has 7 nitrogen and oxygen atoms in total. The summed E-state index contributed by atoms with van der Waals surface area (Å²) in [4.78, 5) is 12.7. The number of ether oxygens (including phenoxy) is 2. The fraction of sp³-hybridized carbons (Fsp3) is 0.286. The van der Waals surface area contributed by atoms with Crippen molar-refractivity contribution >= 4 is 11.7 Å². The van der Waals surface area contributed by atoms with E-state index in [9.17, 15) is 9.18 Å². The number of aromatic nitrogens is 2. The number of halogens is 1. The van der Waals surface area contributed by atoms with Crippen LogP contribution in [0.5, 0.6) is 11.5 Å². The predicted molar refractivity (Wildman–Crippen MR) is 105 cm³/mol. The number of benzene rings is 2. The van der Waals surface area contributed by atoms with Crippen molar-refractivity contribution in [1.29, 1.82) is 0 Å². The first-order chi connectivity index (χ1) is 14.0. The Kier molecular flexibility index (Phi) is 6.43. The minimum atomic E-state index is -0.904. The van der Waals surface area contributed by atoms with Crippen LogP contribution in [-0.2, 0) is 4.79 Å². The van der Waals surface area contributed by atoms with E-state index in [2.05, 4.69) is 15.6 Å². The molecular formula is C21H22FN3O4. The van der Waals surface area contributed by atoms with Gasteiger partial charge in [-0.2, -0.15) is 0 Å². The van der Waals surface area contributed by atoms with E-state index < -0.39 is 17.8 Å². The lowest BCUT2D eigenvalue weighted by atomic mass is 10.1. The Balaban J connectivity index is 1.77. The minimum Gasteiger partial charge on any atom is -0.494 e. The molecule has 1 unspecified atom stereocenters. The van der Waals surface area contributed by atoms with E-state index in [1.165, 1.54) is 12.1 Å². The van der Waals surface area contributed by atoms with E-state index >= 15 is 0 Å². The Bertz CT molecular complexity index is 990. The van der Waals surface area contributed by atoms with E-state index in [1.807, 2.05) is 26.0 Å². The summed E-state index contributed by atoms with van der Waals surface area (Å²) in [6, 6.07) is 11.4. The number of carbonyl (C=O) groups is 1. The van der Waals surface area contributed by atoms with Crippen molar-refractivity contribution in [2.75, 3.05) is 11.9 Å². The summed E-state index contributed by atoms with van der Waals surface area (Å²) >= 11 is 0. The highest BCUT2D eigenvalue weighted by atomic mass is 19.1. The van der Waals surface area contributed by atoms with E-state index in [-0.39, 0.29) is 11.6 Å². The number of rotatable bonds is 8. The number of amides is 1. The molecule has 1 aromatic heterocycles. The maximum Gasteiger partial charge on any atom is 0.266 e. The van der Waals surface area contributed by atoms with Gasteiger partial charge in [-0.25, -0.2) is 9.02 Å². The molecule has 1 amide bonds. The number of aryl methyl sites for hydroxylation is 1. The monoisotopic (exact) mass is 399 g/mol. The average molecular weight is 399 g/mol. The van der Waals surface area contributed by atoms with E-state index in [4.69, 9.17) is 14.1 Å². The smallest absolute Gasteiger partial charge is 0.266 e. The first-order valence-corrected chi connectivity index (χ1v) is 9.31. The van der Waals surface area contributed by atoms with Crippen LogP contribution >= 0.6 is 0 Å². The summed E-state index contributed by atoms with van der Waals surface area (Å²) in [5.41, 5.74) is 2.01. The first-order valence-electron chi connectivity index (χ1n) is 9.31. The zero-order valence-corrected chi connectivity index (χ0v) is 16.4. The molecule has 0 radical (unpaired) electrons. The number of carbonyl (C=O) groups excluding carboxylic acids is 1. The van der Waals surface area contributed by atoms with Crippen molar-refractivity contribution in [3.63, 3.8) is 0 Å². The molecular weight excluding hydrogens is 377 g/mol. The molecule has 0 aliphatic carbocycles. The van der Waals surface area contributed by atoms with Crippen LogP contribution in [0.2, 0.25) is 0 Å². The van der Waals surface area contributed by atoms with Gasteiger partial charge in [-0.15, -0.1) is 0 Å². The normalized spacial score (nSPS) is 11.7. The third-order valence-corrected chi connectivity index (χ3v) is 4.25. The van der Waals surface area contributed by atoms with Crippen LogP contribution in [0.4, 0.5) is 10.2 Å². The van der Waals surface area contributed by atoms with Crippen molar-refractivity contribution in [2.45, 2.75) is 33.3 Å². The lowest BCUT2D eigenvalue weighted by Crippen LogP contribution is -2.32. The zero-order valence-electron chi connectivity index (χ0n) is 16.4. The van der Waals surface area contributed by atoms with Gasteiger partial charge in [0.2, 0.25) is 5.82 Å².